The summed E-state index contributed by atoms with van der Waals surface area (Å²) in [5, 5.41) is 5.79. The fraction of sp³-hybridized carbons (Fsp3) is 0.214. The van der Waals surface area contributed by atoms with Crippen molar-refractivity contribution in [3.63, 3.8) is 0 Å². The third-order valence-corrected chi connectivity index (χ3v) is 4.87. The van der Waals surface area contributed by atoms with Gasteiger partial charge in [0.2, 0.25) is 11.8 Å². The number of carbonyl (C=O) groups excluding carboxylic acids is 2. The Kier molecular flexibility index (Phi) is 10.5. The van der Waals surface area contributed by atoms with Crippen molar-refractivity contribution >= 4 is 23.6 Å². The first-order chi connectivity index (χ1) is 15.5. The van der Waals surface area contributed by atoms with Crippen molar-refractivity contribution in [3.8, 4) is 0 Å². The van der Waals surface area contributed by atoms with Crippen molar-refractivity contribution in [3.05, 3.63) is 108 Å². The van der Waals surface area contributed by atoms with Crippen LogP contribution in [0.4, 0.5) is 5.69 Å². The van der Waals surface area contributed by atoms with Gasteiger partial charge in [0.1, 0.15) is 0 Å². The molecule has 32 heavy (non-hydrogen) atoms. The van der Waals surface area contributed by atoms with Gasteiger partial charge in [-0.3, -0.25) is 9.59 Å². The Morgan fingerprint density at radius 2 is 1.62 bits per heavy atom. The second-order valence-corrected chi connectivity index (χ2v) is 7.55. The third kappa shape index (κ3) is 9.43. The highest BCUT2D eigenvalue weighted by atomic mass is 16.2. The van der Waals surface area contributed by atoms with Crippen molar-refractivity contribution in [2.75, 3.05) is 11.9 Å². The molecule has 0 saturated carbocycles. The lowest BCUT2D eigenvalue weighted by Crippen LogP contribution is -2.25. The van der Waals surface area contributed by atoms with Crippen molar-refractivity contribution in [1.29, 1.82) is 0 Å². The number of allylic oxidation sites excluding steroid dienone is 5. The summed E-state index contributed by atoms with van der Waals surface area (Å²) in [4.78, 5) is 24.1. The zero-order chi connectivity index (χ0) is 23.2. The van der Waals surface area contributed by atoms with Crippen LogP contribution < -0.4 is 10.6 Å². The number of hydrogen-bond acceptors (Lipinski definition) is 2. The molecule has 0 aliphatic heterocycles. The minimum absolute atomic E-state index is 0.0227. The summed E-state index contributed by atoms with van der Waals surface area (Å²) in [6.07, 6.45) is 11.2. The number of benzene rings is 2. The lowest BCUT2D eigenvalue weighted by Gasteiger charge is -2.07. The lowest BCUT2D eigenvalue weighted by molar-refractivity contribution is -0.121. The van der Waals surface area contributed by atoms with Crippen molar-refractivity contribution in [2.45, 2.75) is 32.6 Å². The first-order valence-electron chi connectivity index (χ1n) is 10.9. The van der Waals surface area contributed by atoms with Crippen LogP contribution in [0, 0.1) is 6.92 Å². The summed E-state index contributed by atoms with van der Waals surface area (Å²) in [5.41, 5.74) is 5.15. The summed E-state index contributed by atoms with van der Waals surface area (Å²) >= 11 is 0. The van der Waals surface area contributed by atoms with Gasteiger partial charge in [0, 0.05) is 25.1 Å². The maximum Gasteiger partial charge on any atom is 0.224 e. The fourth-order valence-electron chi connectivity index (χ4n) is 3.02. The predicted octanol–water partition coefficient (Wildman–Crippen LogP) is 5.77. The Balaban J connectivity index is 1.66. The maximum absolute atomic E-state index is 12.1. The number of aryl methyl sites for hydroxylation is 1. The molecule has 0 radical (unpaired) electrons. The molecule has 0 spiro atoms. The van der Waals surface area contributed by atoms with E-state index in [1.165, 1.54) is 11.1 Å². The molecule has 0 heterocycles. The third-order valence-electron chi connectivity index (χ3n) is 4.87. The molecule has 2 aromatic carbocycles. The van der Waals surface area contributed by atoms with Crippen LogP contribution >= 0.6 is 0 Å². The van der Waals surface area contributed by atoms with Gasteiger partial charge in [0.25, 0.3) is 0 Å². The first kappa shape index (κ1) is 24.6. The van der Waals surface area contributed by atoms with Gasteiger partial charge >= 0.3 is 0 Å². The monoisotopic (exact) mass is 428 g/mol. The van der Waals surface area contributed by atoms with Crippen LogP contribution in [0.25, 0.3) is 6.08 Å². The summed E-state index contributed by atoms with van der Waals surface area (Å²) in [7, 11) is 0. The van der Waals surface area contributed by atoms with E-state index >= 15 is 0 Å². The molecule has 0 fully saturated rings. The average molecular weight is 429 g/mol. The molecular formula is C28H32N2O2. The molecule has 0 bridgehead atoms. The highest BCUT2D eigenvalue weighted by molar-refractivity contribution is 5.91. The summed E-state index contributed by atoms with van der Waals surface area (Å²) in [6, 6.07) is 15.9. The Morgan fingerprint density at radius 1 is 0.938 bits per heavy atom. The summed E-state index contributed by atoms with van der Waals surface area (Å²) < 4.78 is 0. The quantitative estimate of drug-likeness (QED) is 0.421. The molecule has 2 rings (SSSR count). The number of rotatable bonds is 12. The van der Waals surface area contributed by atoms with Crippen LogP contribution in [0.5, 0.6) is 0 Å². The highest BCUT2D eigenvalue weighted by Crippen LogP contribution is 2.13. The van der Waals surface area contributed by atoms with Crippen molar-refractivity contribution in [2.24, 2.45) is 0 Å². The van der Waals surface area contributed by atoms with E-state index in [9.17, 15) is 9.59 Å². The van der Waals surface area contributed by atoms with Gasteiger partial charge < -0.3 is 10.6 Å². The Bertz CT molecular complexity index is 967. The molecule has 2 amide bonds. The van der Waals surface area contributed by atoms with Crippen LogP contribution in [0.2, 0.25) is 0 Å². The molecule has 0 aliphatic rings. The molecule has 0 saturated heterocycles. The zero-order valence-electron chi connectivity index (χ0n) is 18.8. The number of hydrogen-bond donors (Lipinski definition) is 2. The van der Waals surface area contributed by atoms with Crippen LogP contribution in [0.1, 0.15) is 36.0 Å². The van der Waals surface area contributed by atoms with E-state index in [4.69, 9.17) is 0 Å². The molecule has 166 valence electrons. The van der Waals surface area contributed by atoms with Crippen LogP contribution in [0.15, 0.2) is 91.6 Å². The van der Waals surface area contributed by atoms with Gasteiger partial charge in [-0.2, -0.15) is 0 Å². The fourth-order valence-corrected chi connectivity index (χ4v) is 3.02. The van der Waals surface area contributed by atoms with E-state index in [2.05, 4.69) is 55.0 Å². The number of amides is 2. The van der Waals surface area contributed by atoms with Gasteiger partial charge in [0.15, 0.2) is 0 Å². The van der Waals surface area contributed by atoms with E-state index in [-0.39, 0.29) is 11.8 Å². The Hall–Kier alpha value is -3.66. The zero-order valence-corrected chi connectivity index (χ0v) is 18.8. The van der Waals surface area contributed by atoms with Gasteiger partial charge in [-0.1, -0.05) is 85.5 Å². The molecule has 0 aromatic heterocycles. The number of carbonyl (C=O) groups is 2. The van der Waals surface area contributed by atoms with Crippen molar-refractivity contribution < 1.29 is 9.59 Å². The Labute approximate surface area is 191 Å². The molecule has 2 aromatic rings. The molecule has 4 nitrogen and oxygen atoms in total. The summed E-state index contributed by atoms with van der Waals surface area (Å²) in [6.45, 7) is 10.1. The predicted molar refractivity (Wildman–Crippen MR) is 134 cm³/mol. The van der Waals surface area contributed by atoms with Crippen molar-refractivity contribution in [1.82, 2.24) is 5.32 Å². The number of nitrogens with one attached hydrogen (secondary N) is 2. The summed E-state index contributed by atoms with van der Waals surface area (Å²) in [5.74, 6) is -0.117. The smallest absolute Gasteiger partial charge is 0.224 e. The number of anilines is 1. The van der Waals surface area contributed by atoms with Gasteiger partial charge in [0.05, 0.1) is 0 Å². The molecule has 4 heteroatoms. The van der Waals surface area contributed by atoms with Gasteiger partial charge in [-0.15, -0.1) is 0 Å². The standard InChI is InChI=1S/C28H32N2O2/c1-4-7-23(5-2)14-15-24-16-18-26(19-17-24)30-28(32)9-6-8-27(31)29-21-20-25-12-10-22(3)11-13-25/h4-5,7,10-19H,1-2,6,8-9,20-21H2,3H3,(H,29,31)(H,30,32)/b15-14+,23-7+. The second-order valence-electron chi connectivity index (χ2n) is 7.55. The Morgan fingerprint density at radius 3 is 2.28 bits per heavy atom. The molecule has 0 atom stereocenters. The first-order valence-corrected chi connectivity index (χ1v) is 10.9. The van der Waals surface area contributed by atoms with E-state index in [0.29, 0.717) is 25.8 Å². The van der Waals surface area contributed by atoms with E-state index < -0.39 is 0 Å². The largest absolute Gasteiger partial charge is 0.356 e. The minimum atomic E-state index is -0.0939. The maximum atomic E-state index is 12.1. The average Bonchev–Trinajstić information content (AvgIpc) is 2.79. The lowest BCUT2D eigenvalue weighted by atomic mass is 10.1. The van der Waals surface area contributed by atoms with Gasteiger partial charge in [-0.25, -0.2) is 0 Å². The van der Waals surface area contributed by atoms with Gasteiger partial charge in [-0.05, 0) is 48.6 Å². The van der Waals surface area contributed by atoms with Crippen LogP contribution in [-0.4, -0.2) is 18.4 Å². The van der Waals surface area contributed by atoms with E-state index in [1.54, 1.807) is 12.2 Å². The van der Waals surface area contributed by atoms with Crippen LogP contribution in [-0.2, 0) is 16.0 Å². The van der Waals surface area contributed by atoms with Crippen LogP contribution in [0.3, 0.4) is 0 Å². The molecule has 0 unspecified atom stereocenters. The molecule has 0 aliphatic carbocycles. The topological polar surface area (TPSA) is 58.2 Å². The second kappa shape index (κ2) is 13.6. The molecule has 2 N–H and O–H groups in total. The normalized spacial score (nSPS) is 11.2. The van der Waals surface area contributed by atoms with E-state index in [1.807, 2.05) is 42.5 Å². The minimum Gasteiger partial charge on any atom is -0.356 e. The molecular weight excluding hydrogens is 396 g/mol. The highest BCUT2D eigenvalue weighted by Gasteiger charge is 2.06. The SMILES string of the molecule is C=C/C=C(C=C)/C=C/c1ccc(NC(=O)CCCC(=O)NCCc2ccc(C)cc2)cc1. The van der Waals surface area contributed by atoms with E-state index in [0.717, 1.165) is 23.2 Å².